The second-order valence-electron chi connectivity index (χ2n) is 6.91. The summed E-state index contributed by atoms with van der Waals surface area (Å²) in [7, 11) is 0. The van der Waals surface area contributed by atoms with Gasteiger partial charge in [0.15, 0.2) is 0 Å². The molecule has 26 heavy (non-hydrogen) atoms. The molecule has 1 aromatic heterocycles. The fraction of sp³-hybridized carbons (Fsp3) is 0.421. The minimum Gasteiger partial charge on any atom is -0.478 e. The van der Waals surface area contributed by atoms with Crippen LogP contribution in [-0.4, -0.2) is 40.7 Å². The summed E-state index contributed by atoms with van der Waals surface area (Å²) < 4.78 is 5.24. The molecule has 0 atom stereocenters. The second kappa shape index (κ2) is 8.42. The molecule has 0 bridgehead atoms. The molecule has 6 nitrogen and oxygen atoms in total. The van der Waals surface area contributed by atoms with E-state index in [2.05, 4.69) is 10.3 Å². The lowest BCUT2D eigenvalue weighted by Gasteiger charge is -2.19. The molecule has 0 unspecified atom stereocenters. The number of carbonyl (C=O) groups excluding carboxylic acids is 1. The number of aryl methyl sites for hydroxylation is 1. The van der Waals surface area contributed by atoms with Gasteiger partial charge in [-0.25, -0.2) is 9.78 Å². The molecule has 0 saturated heterocycles. The maximum absolute atomic E-state index is 11.6. The van der Waals surface area contributed by atoms with E-state index < -0.39 is 11.6 Å². The molecule has 2 N–H and O–H groups in total. The van der Waals surface area contributed by atoms with Crippen molar-refractivity contribution in [3.63, 3.8) is 0 Å². The Bertz CT molecular complexity index is 776. The van der Waals surface area contributed by atoms with Crippen molar-refractivity contribution in [3.05, 3.63) is 39.7 Å². The summed E-state index contributed by atoms with van der Waals surface area (Å²) in [6, 6.07) is 6.71. The number of hydrogen-bond donors (Lipinski definition) is 2. The SMILES string of the molecule is Cc1sc(CCNCC(=O)OC(C)(C)C)nc1-c1ccc(C(=O)O)cc1. The summed E-state index contributed by atoms with van der Waals surface area (Å²) in [5, 5.41) is 13.0. The van der Waals surface area contributed by atoms with Crippen LogP contribution in [0.25, 0.3) is 11.3 Å². The number of carboxylic acids is 1. The molecule has 0 radical (unpaired) electrons. The number of aromatic carboxylic acids is 1. The third kappa shape index (κ3) is 5.93. The van der Waals surface area contributed by atoms with E-state index in [1.54, 1.807) is 35.6 Å². The Morgan fingerprint density at radius 1 is 1.23 bits per heavy atom. The quantitative estimate of drug-likeness (QED) is 0.569. The van der Waals surface area contributed by atoms with E-state index in [4.69, 9.17) is 9.84 Å². The predicted molar refractivity (Wildman–Crippen MR) is 102 cm³/mol. The standard InChI is InChI=1S/C19H24N2O4S/c1-12-17(13-5-7-14(8-6-13)18(23)24)21-15(26-12)9-10-20-11-16(22)25-19(2,3)4/h5-8,20H,9-11H2,1-4H3,(H,23,24). The molecule has 140 valence electrons. The van der Waals surface area contributed by atoms with Crippen molar-refractivity contribution in [2.75, 3.05) is 13.1 Å². The molecule has 0 saturated carbocycles. The van der Waals surface area contributed by atoms with E-state index >= 15 is 0 Å². The van der Waals surface area contributed by atoms with Crippen LogP contribution >= 0.6 is 11.3 Å². The minimum atomic E-state index is -0.941. The average molecular weight is 376 g/mol. The second-order valence-corrected chi connectivity index (χ2v) is 8.20. The number of rotatable bonds is 7. The van der Waals surface area contributed by atoms with E-state index in [0.717, 1.165) is 21.1 Å². The molecule has 0 fully saturated rings. The van der Waals surface area contributed by atoms with Gasteiger partial charge in [-0.05, 0) is 39.8 Å². The van der Waals surface area contributed by atoms with Gasteiger partial charge in [0.05, 0.1) is 22.8 Å². The van der Waals surface area contributed by atoms with Crippen LogP contribution < -0.4 is 5.32 Å². The number of esters is 1. The van der Waals surface area contributed by atoms with Crippen molar-refractivity contribution in [2.45, 2.75) is 39.7 Å². The normalized spacial score (nSPS) is 11.4. The number of aromatic nitrogens is 1. The first-order valence-corrected chi connectivity index (χ1v) is 9.20. The van der Waals surface area contributed by atoms with Gasteiger partial charge in [0.25, 0.3) is 0 Å². The lowest BCUT2D eigenvalue weighted by molar-refractivity contribution is -0.153. The van der Waals surface area contributed by atoms with Crippen LogP contribution in [0.3, 0.4) is 0 Å². The summed E-state index contributed by atoms with van der Waals surface area (Å²) in [4.78, 5) is 28.3. The molecule has 0 aliphatic heterocycles. The maximum Gasteiger partial charge on any atom is 0.335 e. The zero-order valence-electron chi connectivity index (χ0n) is 15.5. The van der Waals surface area contributed by atoms with Crippen molar-refractivity contribution in [3.8, 4) is 11.3 Å². The van der Waals surface area contributed by atoms with Gasteiger partial charge < -0.3 is 15.2 Å². The summed E-state index contributed by atoms with van der Waals surface area (Å²) in [5.74, 6) is -1.21. The Balaban J connectivity index is 1.90. The van der Waals surface area contributed by atoms with E-state index in [1.807, 2.05) is 27.7 Å². The summed E-state index contributed by atoms with van der Waals surface area (Å²) >= 11 is 1.60. The van der Waals surface area contributed by atoms with Gasteiger partial charge in [0.2, 0.25) is 0 Å². The first kappa shape index (κ1) is 20.1. The van der Waals surface area contributed by atoms with Crippen LogP contribution in [0.2, 0.25) is 0 Å². The Morgan fingerprint density at radius 3 is 2.46 bits per heavy atom. The summed E-state index contributed by atoms with van der Waals surface area (Å²) in [6.45, 7) is 8.32. The number of benzene rings is 1. The van der Waals surface area contributed by atoms with E-state index in [-0.39, 0.29) is 18.1 Å². The highest BCUT2D eigenvalue weighted by molar-refractivity contribution is 7.12. The van der Waals surface area contributed by atoms with Crippen LogP contribution in [0, 0.1) is 6.92 Å². The maximum atomic E-state index is 11.6. The molecule has 1 aromatic carbocycles. The van der Waals surface area contributed by atoms with Crippen molar-refractivity contribution in [1.29, 1.82) is 0 Å². The minimum absolute atomic E-state index is 0.172. The highest BCUT2D eigenvalue weighted by Crippen LogP contribution is 2.28. The lowest BCUT2D eigenvalue weighted by Crippen LogP contribution is -2.32. The van der Waals surface area contributed by atoms with Crippen LogP contribution in [0.15, 0.2) is 24.3 Å². The lowest BCUT2D eigenvalue weighted by atomic mass is 10.1. The Labute approximate surface area is 157 Å². The topological polar surface area (TPSA) is 88.5 Å². The number of nitrogens with one attached hydrogen (secondary N) is 1. The van der Waals surface area contributed by atoms with E-state index in [0.29, 0.717) is 13.0 Å². The Hall–Kier alpha value is -2.25. The number of hydrogen-bond acceptors (Lipinski definition) is 6. The third-order valence-electron chi connectivity index (χ3n) is 3.45. The number of carbonyl (C=O) groups is 2. The van der Waals surface area contributed by atoms with Crippen LogP contribution in [0.1, 0.15) is 41.0 Å². The van der Waals surface area contributed by atoms with Gasteiger partial charge in [-0.3, -0.25) is 4.79 Å². The molecule has 0 aliphatic rings. The van der Waals surface area contributed by atoms with Crippen molar-refractivity contribution < 1.29 is 19.4 Å². The molecule has 0 amide bonds. The van der Waals surface area contributed by atoms with Gasteiger partial charge in [0.1, 0.15) is 5.60 Å². The Morgan fingerprint density at radius 2 is 1.88 bits per heavy atom. The number of carboxylic acid groups (broad SMARTS) is 1. The van der Waals surface area contributed by atoms with Gasteiger partial charge in [-0.2, -0.15) is 0 Å². The molecule has 0 spiro atoms. The third-order valence-corrected chi connectivity index (χ3v) is 4.48. The first-order valence-electron chi connectivity index (χ1n) is 8.38. The molecule has 1 heterocycles. The van der Waals surface area contributed by atoms with Crippen molar-refractivity contribution in [1.82, 2.24) is 10.3 Å². The zero-order valence-corrected chi connectivity index (χ0v) is 16.3. The van der Waals surface area contributed by atoms with Gasteiger partial charge in [-0.1, -0.05) is 12.1 Å². The molecule has 2 aromatic rings. The average Bonchev–Trinajstić information content (AvgIpc) is 2.91. The summed E-state index contributed by atoms with van der Waals surface area (Å²) in [6.07, 6.45) is 0.710. The number of thiazole rings is 1. The molecule has 2 rings (SSSR count). The first-order chi connectivity index (χ1) is 12.2. The predicted octanol–water partition coefficient (Wildman–Crippen LogP) is 3.29. The number of ether oxygens (including phenoxy) is 1. The molecule has 7 heteroatoms. The van der Waals surface area contributed by atoms with Gasteiger partial charge in [0, 0.05) is 23.4 Å². The molecular weight excluding hydrogens is 352 g/mol. The monoisotopic (exact) mass is 376 g/mol. The van der Waals surface area contributed by atoms with Crippen LogP contribution in [0.5, 0.6) is 0 Å². The van der Waals surface area contributed by atoms with E-state index in [9.17, 15) is 9.59 Å². The smallest absolute Gasteiger partial charge is 0.335 e. The van der Waals surface area contributed by atoms with E-state index in [1.165, 1.54) is 0 Å². The fourth-order valence-electron chi connectivity index (χ4n) is 2.36. The highest BCUT2D eigenvalue weighted by Gasteiger charge is 2.16. The van der Waals surface area contributed by atoms with Gasteiger partial charge >= 0.3 is 11.9 Å². The van der Waals surface area contributed by atoms with Crippen molar-refractivity contribution >= 4 is 23.3 Å². The molecule has 0 aliphatic carbocycles. The fourth-order valence-corrected chi connectivity index (χ4v) is 3.31. The Kier molecular flexibility index (Phi) is 6.50. The van der Waals surface area contributed by atoms with Crippen LogP contribution in [0.4, 0.5) is 0 Å². The zero-order chi connectivity index (χ0) is 19.3. The van der Waals surface area contributed by atoms with Crippen LogP contribution in [-0.2, 0) is 16.0 Å². The molecular formula is C19H24N2O4S. The highest BCUT2D eigenvalue weighted by atomic mass is 32.1. The van der Waals surface area contributed by atoms with Crippen molar-refractivity contribution in [2.24, 2.45) is 0 Å². The largest absolute Gasteiger partial charge is 0.478 e. The number of nitrogens with zero attached hydrogens (tertiary/aromatic N) is 1. The van der Waals surface area contributed by atoms with Gasteiger partial charge in [-0.15, -0.1) is 11.3 Å². The summed E-state index contributed by atoms with van der Waals surface area (Å²) in [5.41, 5.74) is 1.55.